The second-order valence-electron chi connectivity index (χ2n) is 10.1. The zero-order valence-corrected chi connectivity index (χ0v) is 19.4. The molecule has 1 aromatic rings. The lowest BCUT2D eigenvalue weighted by Gasteiger charge is -2.52. The van der Waals surface area contributed by atoms with E-state index in [1.54, 1.807) is 0 Å². The summed E-state index contributed by atoms with van der Waals surface area (Å²) >= 11 is 0. The summed E-state index contributed by atoms with van der Waals surface area (Å²) in [5, 5.41) is 20.2. The van der Waals surface area contributed by atoms with Gasteiger partial charge in [-0.25, -0.2) is 9.59 Å². The summed E-state index contributed by atoms with van der Waals surface area (Å²) in [4.78, 5) is 35.6. The van der Waals surface area contributed by atoms with Gasteiger partial charge < -0.3 is 19.3 Å². The molecule has 2 aliphatic heterocycles. The Hall–Kier alpha value is -2.52. The van der Waals surface area contributed by atoms with Crippen LogP contribution in [0.15, 0.2) is 24.3 Å². The second-order valence-corrected chi connectivity index (χ2v) is 10.1. The maximum Gasteiger partial charge on any atom is 0.338 e. The molecule has 1 aliphatic carbocycles. The molecule has 33 heavy (non-hydrogen) atoms. The van der Waals surface area contributed by atoms with Crippen LogP contribution in [-0.4, -0.2) is 52.0 Å². The fourth-order valence-corrected chi connectivity index (χ4v) is 6.34. The fraction of sp³-hybridized carbons (Fsp3) is 0.667. The van der Waals surface area contributed by atoms with E-state index in [1.807, 2.05) is 20.8 Å². The third kappa shape index (κ3) is 3.71. The van der Waals surface area contributed by atoms with Gasteiger partial charge in [0.1, 0.15) is 30.0 Å². The van der Waals surface area contributed by atoms with E-state index in [-0.39, 0.29) is 34.9 Å². The Morgan fingerprint density at radius 3 is 2.48 bits per heavy atom. The number of carbonyl (C=O) groups excluding carboxylic acids is 2. The third-order valence-electron chi connectivity index (χ3n) is 8.10. The van der Waals surface area contributed by atoms with Crippen molar-refractivity contribution in [2.45, 2.75) is 70.4 Å². The molecule has 0 radical (unpaired) electrons. The van der Waals surface area contributed by atoms with Crippen LogP contribution < -0.4 is 0 Å². The molecule has 1 N–H and O–H groups in total. The normalized spacial score (nSPS) is 37.0. The Kier molecular flexibility index (Phi) is 5.99. The second kappa shape index (κ2) is 8.36. The van der Waals surface area contributed by atoms with E-state index in [9.17, 15) is 24.8 Å². The minimum absolute atomic E-state index is 0.0194. The molecule has 2 heterocycles. The SMILES string of the molecule is CC(C)[C@@]12C[C@@H](OC(=O)CO)[C@@](C)(O1)[C@@H]1CC[C@@H](C)[C@H]1[C@@H]2OC(=O)c1ccc([N+](=O)[O-])cc1. The number of ether oxygens (including phenoxy) is 3. The number of hydrogen-bond donors (Lipinski definition) is 1. The average Bonchev–Trinajstić information content (AvgIpc) is 3.29. The van der Waals surface area contributed by atoms with E-state index in [0.717, 1.165) is 12.8 Å². The van der Waals surface area contributed by atoms with Crippen LogP contribution in [0.25, 0.3) is 0 Å². The molecule has 180 valence electrons. The number of rotatable bonds is 6. The summed E-state index contributed by atoms with van der Waals surface area (Å²) in [7, 11) is 0. The smallest absolute Gasteiger partial charge is 0.338 e. The summed E-state index contributed by atoms with van der Waals surface area (Å²) < 4.78 is 18.5. The van der Waals surface area contributed by atoms with Gasteiger partial charge in [0.05, 0.1) is 10.5 Å². The zero-order chi connectivity index (χ0) is 24.1. The lowest BCUT2D eigenvalue weighted by molar-refractivity contribution is -0.384. The number of nitro benzene ring substituents is 1. The van der Waals surface area contributed by atoms with Gasteiger partial charge in [-0.1, -0.05) is 20.8 Å². The Balaban J connectivity index is 1.69. The number of nitrogens with zero attached hydrogens (tertiary/aromatic N) is 1. The van der Waals surface area contributed by atoms with Gasteiger partial charge in [-0.05, 0) is 49.7 Å². The van der Waals surface area contributed by atoms with Crippen LogP contribution in [0.1, 0.15) is 57.3 Å². The molecule has 0 amide bonds. The van der Waals surface area contributed by atoms with Gasteiger partial charge in [0.15, 0.2) is 0 Å². The fourth-order valence-electron chi connectivity index (χ4n) is 6.34. The van der Waals surface area contributed by atoms with Crippen molar-refractivity contribution >= 4 is 17.6 Å². The molecule has 1 aromatic carbocycles. The summed E-state index contributed by atoms with van der Waals surface area (Å²) in [6, 6.07) is 5.35. The molecule has 2 saturated heterocycles. The highest BCUT2D eigenvalue weighted by atomic mass is 16.6. The molecule has 3 fully saturated rings. The van der Waals surface area contributed by atoms with E-state index in [1.165, 1.54) is 24.3 Å². The molecular formula is C24H31NO8. The Morgan fingerprint density at radius 1 is 1.24 bits per heavy atom. The van der Waals surface area contributed by atoms with Crippen LogP contribution in [0, 0.1) is 33.8 Å². The van der Waals surface area contributed by atoms with Crippen LogP contribution in [0.2, 0.25) is 0 Å². The summed E-state index contributed by atoms with van der Waals surface area (Å²) in [6.45, 7) is 7.42. The Morgan fingerprint density at radius 2 is 1.91 bits per heavy atom. The molecule has 7 atom stereocenters. The molecule has 1 saturated carbocycles. The lowest BCUT2D eigenvalue weighted by atomic mass is 9.69. The highest BCUT2D eigenvalue weighted by Gasteiger charge is 2.72. The number of aliphatic hydroxyl groups is 1. The van der Waals surface area contributed by atoms with Gasteiger partial charge in [0.25, 0.3) is 5.69 Å². The average molecular weight is 462 g/mol. The van der Waals surface area contributed by atoms with Crippen LogP contribution in [-0.2, 0) is 19.0 Å². The number of non-ortho nitro benzene ring substituents is 1. The van der Waals surface area contributed by atoms with Gasteiger partial charge in [-0.3, -0.25) is 10.1 Å². The van der Waals surface area contributed by atoms with Crippen LogP contribution in [0.4, 0.5) is 5.69 Å². The Bertz CT molecular complexity index is 946. The van der Waals surface area contributed by atoms with Crippen LogP contribution in [0.5, 0.6) is 0 Å². The number of carbonyl (C=O) groups is 2. The van der Waals surface area contributed by atoms with E-state index in [2.05, 4.69) is 6.92 Å². The number of nitro groups is 1. The molecule has 0 unspecified atom stereocenters. The lowest BCUT2D eigenvalue weighted by Crippen LogP contribution is -2.62. The molecule has 9 heteroatoms. The highest BCUT2D eigenvalue weighted by Crippen LogP contribution is 2.63. The predicted molar refractivity (Wildman–Crippen MR) is 116 cm³/mol. The van der Waals surface area contributed by atoms with Crippen molar-refractivity contribution in [1.29, 1.82) is 0 Å². The first kappa shape index (κ1) is 23.6. The van der Waals surface area contributed by atoms with E-state index >= 15 is 0 Å². The van der Waals surface area contributed by atoms with Gasteiger partial charge in [0.2, 0.25) is 0 Å². The van der Waals surface area contributed by atoms with Crippen molar-refractivity contribution in [2.75, 3.05) is 6.61 Å². The monoisotopic (exact) mass is 461 g/mol. The van der Waals surface area contributed by atoms with Crippen molar-refractivity contribution in [3.05, 3.63) is 39.9 Å². The molecule has 2 bridgehead atoms. The van der Waals surface area contributed by atoms with Crippen molar-refractivity contribution in [2.24, 2.45) is 23.7 Å². The Labute approximate surface area is 192 Å². The predicted octanol–water partition coefficient (Wildman–Crippen LogP) is 3.27. The van der Waals surface area contributed by atoms with Gasteiger partial charge in [-0.2, -0.15) is 0 Å². The molecule has 0 aromatic heterocycles. The van der Waals surface area contributed by atoms with Gasteiger partial charge in [0, 0.05) is 24.5 Å². The van der Waals surface area contributed by atoms with Crippen LogP contribution >= 0.6 is 0 Å². The van der Waals surface area contributed by atoms with Crippen molar-refractivity contribution in [3.63, 3.8) is 0 Å². The van der Waals surface area contributed by atoms with Gasteiger partial charge >= 0.3 is 11.9 Å². The van der Waals surface area contributed by atoms with E-state index in [4.69, 9.17) is 14.2 Å². The summed E-state index contributed by atoms with van der Waals surface area (Å²) in [6.07, 6.45) is 1.04. The highest BCUT2D eigenvalue weighted by molar-refractivity contribution is 5.89. The van der Waals surface area contributed by atoms with Crippen molar-refractivity contribution in [1.82, 2.24) is 0 Å². The third-order valence-corrected chi connectivity index (χ3v) is 8.10. The number of aliphatic hydroxyl groups excluding tert-OH is 1. The standard InChI is InChI=1S/C24H31NO8/c1-13(2)24-11-18(31-19(27)12-26)23(4,33-24)17-10-5-14(3)20(17)21(24)32-22(28)15-6-8-16(9-7-15)25(29)30/h6-9,13-14,17-18,20-21,26H,5,10-12H2,1-4H3/t14-,17-,18-,20-,21+,23+,24-/m1/s1. The summed E-state index contributed by atoms with van der Waals surface area (Å²) in [5.41, 5.74) is -1.46. The molecule has 0 spiro atoms. The number of benzene rings is 1. The van der Waals surface area contributed by atoms with E-state index < -0.39 is 46.9 Å². The van der Waals surface area contributed by atoms with Gasteiger partial charge in [-0.15, -0.1) is 0 Å². The topological polar surface area (TPSA) is 125 Å². The quantitative estimate of drug-likeness (QED) is 0.389. The molecule has 4 rings (SSSR count). The number of hydrogen-bond acceptors (Lipinski definition) is 8. The number of esters is 2. The summed E-state index contributed by atoms with van der Waals surface area (Å²) in [5.74, 6) is -0.982. The number of fused-ring (bicyclic) bond motifs is 4. The van der Waals surface area contributed by atoms with E-state index in [0.29, 0.717) is 6.42 Å². The molecule has 9 nitrogen and oxygen atoms in total. The maximum atomic E-state index is 13.1. The van der Waals surface area contributed by atoms with Crippen molar-refractivity contribution < 1.29 is 33.8 Å². The largest absolute Gasteiger partial charge is 0.457 e. The van der Waals surface area contributed by atoms with Crippen LogP contribution in [0.3, 0.4) is 0 Å². The maximum absolute atomic E-state index is 13.1. The van der Waals surface area contributed by atoms with Crippen molar-refractivity contribution in [3.8, 4) is 0 Å². The first-order valence-electron chi connectivity index (χ1n) is 11.5. The first-order chi connectivity index (χ1) is 15.5. The first-order valence-corrected chi connectivity index (χ1v) is 11.5. The molecule has 3 aliphatic rings. The minimum Gasteiger partial charge on any atom is -0.457 e. The zero-order valence-electron chi connectivity index (χ0n) is 19.4. The molecular weight excluding hydrogens is 430 g/mol. The minimum atomic E-state index is -0.856.